The third kappa shape index (κ3) is 3.20. The highest BCUT2D eigenvalue weighted by atomic mass is 32.1. The van der Waals surface area contributed by atoms with Crippen LogP contribution >= 0.6 is 11.3 Å². The normalized spacial score (nSPS) is 13.9. The molecule has 0 bridgehead atoms. The average molecular weight is 632 g/mol. The zero-order valence-corrected chi connectivity index (χ0v) is 26.8. The molecule has 9 aromatic rings. The fraction of sp³-hybridized carbons (Fsp3) is 0.0455. The monoisotopic (exact) mass is 631 g/mol. The van der Waals surface area contributed by atoms with Crippen LogP contribution in [0.1, 0.15) is 27.8 Å². The summed E-state index contributed by atoms with van der Waals surface area (Å²) in [5.41, 5.74) is 17.9. The van der Waals surface area contributed by atoms with Gasteiger partial charge in [-0.15, -0.1) is 11.3 Å². The molecule has 3 heterocycles. The van der Waals surface area contributed by atoms with Crippen molar-refractivity contribution < 1.29 is 0 Å². The topological polar surface area (TPSA) is 43.0 Å². The summed E-state index contributed by atoms with van der Waals surface area (Å²) in [4.78, 5) is 0. The van der Waals surface area contributed by atoms with Gasteiger partial charge >= 0.3 is 0 Å². The van der Waals surface area contributed by atoms with E-state index in [4.69, 9.17) is 5.84 Å². The van der Waals surface area contributed by atoms with Crippen molar-refractivity contribution in [2.75, 3.05) is 0 Å². The number of nitrogens with zero attached hydrogens (tertiary/aromatic N) is 1. The zero-order chi connectivity index (χ0) is 31.6. The van der Waals surface area contributed by atoms with Crippen LogP contribution in [0.15, 0.2) is 146 Å². The molecule has 2 aliphatic rings. The Balaban J connectivity index is 1.34. The fourth-order valence-electron chi connectivity index (χ4n) is 9.02. The van der Waals surface area contributed by atoms with Crippen molar-refractivity contribution in [3.63, 3.8) is 0 Å². The van der Waals surface area contributed by atoms with E-state index in [1.165, 1.54) is 97.7 Å². The summed E-state index contributed by atoms with van der Waals surface area (Å²) in [6.07, 6.45) is 0. The molecule has 1 aliphatic carbocycles. The van der Waals surface area contributed by atoms with E-state index in [9.17, 15) is 0 Å². The molecular weight excluding hydrogens is 603 g/mol. The Labute approximate surface area is 281 Å². The van der Waals surface area contributed by atoms with Gasteiger partial charge < -0.3 is 4.57 Å². The first-order valence-electron chi connectivity index (χ1n) is 16.5. The van der Waals surface area contributed by atoms with Gasteiger partial charge in [0, 0.05) is 37.5 Å². The first-order valence-corrected chi connectivity index (χ1v) is 17.3. The number of hydrazine groups is 1. The third-order valence-corrected chi connectivity index (χ3v) is 12.0. The first-order chi connectivity index (χ1) is 23.8. The van der Waals surface area contributed by atoms with Crippen molar-refractivity contribution in [1.29, 1.82) is 0 Å². The number of rotatable bonds is 3. The summed E-state index contributed by atoms with van der Waals surface area (Å²) in [7, 11) is 0. The quantitative estimate of drug-likeness (QED) is 0.151. The summed E-state index contributed by atoms with van der Waals surface area (Å²) in [5, 5.41) is 5.29. The lowest BCUT2D eigenvalue weighted by atomic mass is 9.65. The Morgan fingerprint density at radius 2 is 1.29 bits per heavy atom. The Bertz CT molecular complexity index is 2770. The van der Waals surface area contributed by atoms with Crippen LogP contribution in [0.4, 0.5) is 0 Å². The predicted molar refractivity (Wildman–Crippen MR) is 201 cm³/mol. The second-order valence-electron chi connectivity index (χ2n) is 13.1. The molecule has 11 rings (SSSR count). The summed E-state index contributed by atoms with van der Waals surface area (Å²) >= 11 is 1.92. The van der Waals surface area contributed by atoms with Gasteiger partial charge in [0.2, 0.25) is 0 Å². The minimum atomic E-state index is -0.448. The Kier molecular flexibility index (Phi) is 5.27. The van der Waals surface area contributed by atoms with Crippen LogP contribution in [-0.4, -0.2) is 4.57 Å². The second-order valence-corrected chi connectivity index (χ2v) is 14.2. The molecule has 4 heteroatoms. The number of benzene rings is 7. The van der Waals surface area contributed by atoms with Gasteiger partial charge in [0.1, 0.15) is 0 Å². The lowest BCUT2D eigenvalue weighted by Crippen LogP contribution is -2.33. The standard InChI is InChI=1S/C44H29N3S/c45-46-25-26-10-9-11-27(22-26)28-20-21-40-32(23-28)33-24-37-42-41(43(33)48-40)31-14-3-7-18-38(31)47(42)39-19-8-6-17-36(39)44(37)34-15-4-1-12-29(34)30-13-2-5-16-35(30)44/h1-24,46H,25,45H2. The molecule has 0 fully saturated rings. The summed E-state index contributed by atoms with van der Waals surface area (Å²) in [6, 6.07) is 54.5. The van der Waals surface area contributed by atoms with E-state index in [0.717, 1.165) is 0 Å². The molecule has 0 amide bonds. The number of hydrogen-bond donors (Lipinski definition) is 2. The van der Waals surface area contributed by atoms with Gasteiger partial charge in [-0.2, -0.15) is 0 Å². The summed E-state index contributed by atoms with van der Waals surface area (Å²) in [5.74, 6) is 5.68. The molecule has 48 heavy (non-hydrogen) atoms. The molecule has 226 valence electrons. The highest BCUT2D eigenvalue weighted by molar-refractivity contribution is 7.26. The molecule has 0 atom stereocenters. The number of fused-ring (bicyclic) bond motifs is 16. The van der Waals surface area contributed by atoms with Gasteiger partial charge in [-0.1, -0.05) is 109 Å². The lowest BCUT2D eigenvalue weighted by Gasteiger charge is -2.39. The van der Waals surface area contributed by atoms with Gasteiger partial charge in [-0.25, -0.2) is 0 Å². The number of nitrogens with one attached hydrogen (secondary N) is 1. The average Bonchev–Trinajstić information content (AvgIpc) is 3.78. The van der Waals surface area contributed by atoms with Crippen molar-refractivity contribution in [3.8, 4) is 27.9 Å². The minimum absolute atomic E-state index is 0.448. The van der Waals surface area contributed by atoms with Crippen molar-refractivity contribution >= 4 is 53.3 Å². The Hall–Kier alpha value is -5.52. The molecule has 7 aromatic carbocycles. The molecular formula is C44H29N3S. The molecule has 0 unspecified atom stereocenters. The maximum atomic E-state index is 5.68. The number of hydrogen-bond acceptors (Lipinski definition) is 3. The van der Waals surface area contributed by atoms with Crippen LogP contribution < -0.4 is 11.3 Å². The van der Waals surface area contributed by atoms with Gasteiger partial charge in [-0.3, -0.25) is 11.3 Å². The highest BCUT2D eigenvalue weighted by Crippen LogP contribution is 2.62. The third-order valence-electron chi connectivity index (χ3n) is 10.8. The SMILES string of the molecule is NNCc1cccc(-c2ccc3sc4c(cc5c6c4c4ccccc4n6-c4ccccc4C54c5ccccc5-c5ccccc54)c3c2)c1. The van der Waals surface area contributed by atoms with Gasteiger partial charge in [-0.05, 0) is 86.5 Å². The molecule has 3 nitrogen and oxygen atoms in total. The van der Waals surface area contributed by atoms with Crippen molar-refractivity contribution in [2.45, 2.75) is 12.0 Å². The maximum Gasteiger partial charge on any atom is 0.0754 e. The number of nitrogens with two attached hydrogens (primary N) is 1. The number of para-hydroxylation sites is 2. The maximum absolute atomic E-state index is 5.68. The van der Waals surface area contributed by atoms with Crippen molar-refractivity contribution in [2.24, 2.45) is 5.84 Å². The molecule has 0 saturated carbocycles. The van der Waals surface area contributed by atoms with Crippen LogP contribution in [0.25, 0.3) is 69.9 Å². The van der Waals surface area contributed by atoms with Gasteiger partial charge in [0.05, 0.1) is 22.1 Å². The van der Waals surface area contributed by atoms with Crippen molar-refractivity contribution in [3.05, 3.63) is 173 Å². The van der Waals surface area contributed by atoms with E-state index >= 15 is 0 Å². The van der Waals surface area contributed by atoms with E-state index in [2.05, 4.69) is 156 Å². The molecule has 2 aromatic heterocycles. The first kappa shape index (κ1) is 26.5. The van der Waals surface area contributed by atoms with E-state index in [1.54, 1.807) is 0 Å². The van der Waals surface area contributed by atoms with E-state index < -0.39 is 5.41 Å². The van der Waals surface area contributed by atoms with Crippen LogP contribution in [0.5, 0.6) is 0 Å². The number of aromatic nitrogens is 1. The van der Waals surface area contributed by atoms with E-state index in [-0.39, 0.29) is 0 Å². The van der Waals surface area contributed by atoms with Crippen LogP contribution in [0.3, 0.4) is 0 Å². The Morgan fingerprint density at radius 1 is 0.583 bits per heavy atom. The van der Waals surface area contributed by atoms with Crippen LogP contribution in [0.2, 0.25) is 0 Å². The zero-order valence-electron chi connectivity index (χ0n) is 26.0. The molecule has 0 saturated heterocycles. The number of thiophene rings is 1. The lowest BCUT2D eigenvalue weighted by molar-refractivity contribution is 0.741. The van der Waals surface area contributed by atoms with E-state index in [0.29, 0.717) is 6.54 Å². The molecule has 1 aliphatic heterocycles. The fourth-order valence-corrected chi connectivity index (χ4v) is 10.2. The molecule has 3 N–H and O–H groups in total. The summed E-state index contributed by atoms with van der Waals surface area (Å²) < 4.78 is 5.21. The molecule has 1 spiro atoms. The smallest absolute Gasteiger partial charge is 0.0754 e. The van der Waals surface area contributed by atoms with Gasteiger partial charge in [0.25, 0.3) is 0 Å². The van der Waals surface area contributed by atoms with Crippen LogP contribution in [-0.2, 0) is 12.0 Å². The highest BCUT2D eigenvalue weighted by Gasteiger charge is 2.51. The predicted octanol–water partition coefficient (Wildman–Crippen LogP) is 10.5. The largest absolute Gasteiger partial charge is 0.309 e. The summed E-state index contributed by atoms with van der Waals surface area (Å²) in [6.45, 7) is 0.634. The van der Waals surface area contributed by atoms with E-state index in [1.807, 2.05) is 11.3 Å². The second kappa shape index (κ2) is 9.52. The van der Waals surface area contributed by atoms with Crippen molar-refractivity contribution in [1.82, 2.24) is 9.99 Å². The minimum Gasteiger partial charge on any atom is -0.309 e. The molecule has 0 radical (unpaired) electrons. The van der Waals surface area contributed by atoms with Gasteiger partial charge in [0.15, 0.2) is 0 Å². The Morgan fingerprint density at radius 3 is 2.10 bits per heavy atom. The van der Waals surface area contributed by atoms with Crippen LogP contribution in [0, 0.1) is 0 Å².